The SMILES string of the molecule is COCC(=O)NC[C@@H]1CCN(Cc2cc(C)ccc2C)C1. The van der Waals surface area contributed by atoms with Crippen LogP contribution in [0, 0.1) is 19.8 Å². The van der Waals surface area contributed by atoms with Gasteiger partial charge in [0.2, 0.25) is 5.91 Å². The normalized spacial score (nSPS) is 18.9. The molecular formula is C17H26N2O2. The summed E-state index contributed by atoms with van der Waals surface area (Å²) < 4.78 is 4.82. The molecule has 0 unspecified atom stereocenters. The van der Waals surface area contributed by atoms with Gasteiger partial charge < -0.3 is 10.1 Å². The van der Waals surface area contributed by atoms with Crippen LogP contribution in [0.15, 0.2) is 18.2 Å². The van der Waals surface area contributed by atoms with Gasteiger partial charge in [0.05, 0.1) is 0 Å². The standard InChI is InChI=1S/C17H26N2O2/c1-13-4-5-14(2)16(8-13)11-19-7-6-15(10-19)9-18-17(20)12-21-3/h4-5,8,15H,6-7,9-12H2,1-3H3,(H,18,20)/t15-/m0/s1. The molecule has 0 saturated carbocycles. The second kappa shape index (κ2) is 7.57. The van der Waals surface area contributed by atoms with Crippen LogP contribution in [0.4, 0.5) is 0 Å². The highest BCUT2D eigenvalue weighted by Crippen LogP contribution is 2.20. The van der Waals surface area contributed by atoms with E-state index in [4.69, 9.17) is 4.74 Å². The third-order valence-electron chi connectivity index (χ3n) is 4.13. The van der Waals surface area contributed by atoms with Crippen molar-refractivity contribution in [3.8, 4) is 0 Å². The molecule has 116 valence electrons. The molecule has 0 radical (unpaired) electrons. The number of hydrogen-bond acceptors (Lipinski definition) is 3. The summed E-state index contributed by atoms with van der Waals surface area (Å²) in [6, 6.07) is 6.64. The first-order chi connectivity index (χ1) is 10.1. The second-order valence-electron chi connectivity index (χ2n) is 6.06. The van der Waals surface area contributed by atoms with Crippen molar-refractivity contribution >= 4 is 5.91 Å². The third-order valence-corrected chi connectivity index (χ3v) is 4.13. The number of rotatable bonds is 6. The molecule has 4 heteroatoms. The smallest absolute Gasteiger partial charge is 0.245 e. The Morgan fingerprint density at radius 2 is 2.24 bits per heavy atom. The van der Waals surface area contributed by atoms with Crippen LogP contribution in [0.3, 0.4) is 0 Å². The average Bonchev–Trinajstić information content (AvgIpc) is 2.89. The molecular weight excluding hydrogens is 264 g/mol. The lowest BCUT2D eigenvalue weighted by Gasteiger charge is -2.18. The number of nitrogens with one attached hydrogen (secondary N) is 1. The topological polar surface area (TPSA) is 41.6 Å². The zero-order valence-corrected chi connectivity index (χ0v) is 13.3. The van der Waals surface area contributed by atoms with Crippen LogP contribution in [0.5, 0.6) is 0 Å². The lowest BCUT2D eigenvalue weighted by molar-refractivity contribution is -0.124. The molecule has 1 aliphatic rings. The number of amides is 1. The van der Waals surface area contributed by atoms with Crippen molar-refractivity contribution in [2.75, 3.05) is 33.4 Å². The molecule has 1 fully saturated rings. The molecule has 1 saturated heterocycles. The van der Waals surface area contributed by atoms with Gasteiger partial charge in [0.1, 0.15) is 6.61 Å². The average molecular weight is 290 g/mol. The Balaban J connectivity index is 1.80. The highest BCUT2D eigenvalue weighted by atomic mass is 16.5. The van der Waals surface area contributed by atoms with Crippen LogP contribution < -0.4 is 5.32 Å². The lowest BCUT2D eigenvalue weighted by atomic mass is 10.1. The van der Waals surface area contributed by atoms with E-state index in [1.165, 1.54) is 16.7 Å². The molecule has 1 aromatic carbocycles. The fraction of sp³-hybridized carbons (Fsp3) is 0.588. The van der Waals surface area contributed by atoms with Gasteiger partial charge in [0.25, 0.3) is 0 Å². The summed E-state index contributed by atoms with van der Waals surface area (Å²) in [5, 5.41) is 2.94. The fourth-order valence-corrected chi connectivity index (χ4v) is 2.87. The minimum Gasteiger partial charge on any atom is -0.375 e. The first-order valence-electron chi connectivity index (χ1n) is 7.62. The number of likely N-dealkylation sites (tertiary alicyclic amines) is 1. The van der Waals surface area contributed by atoms with Gasteiger partial charge in [0.15, 0.2) is 0 Å². The molecule has 0 spiro atoms. The maximum absolute atomic E-state index is 11.4. The molecule has 4 nitrogen and oxygen atoms in total. The molecule has 1 heterocycles. The van der Waals surface area contributed by atoms with Crippen molar-refractivity contribution in [2.24, 2.45) is 5.92 Å². The fourth-order valence-electron chi connectivity index (χ4n) is 2.87. The quantitative estimate of drug-likeness (QED) is 0.870. The van der Waals surface area contributed by atoms with Gasteiger partial charge in [-0.2, -0.15) is 0 Å². The zero-order valence-electron chi connectivity index (χ0n) is 13.3. The van der Waals surface area contributed by atoms with E-state index in [1.807, 2.05) is 0 Å². The van der Waals surface area contributed by atoms with E-state index < -0.39 is 0 Å². The van der Waals surface area contributed by atoms with Gasteiger partial charge >= 0.3 is 0 Å². The number of methoxy groups -OCH3 is 1. The van der Waals surface area contributed by atoms with Crippen molar-refractivity contribution in [1.29, 1.82) is 0 Å². The molecule has 0 bridgehead atoms. The zero-order chi connectivity index (χ0) is 15.2. The van der Waals surface area contributed by atoms with E-state index in [9.17, 15) is 4.79 Å². The minimum absolute atomic E-state index is 0.0227. The molecule has 2 rings (SSSR count). The molecule has 1 aliphatic heterocycles. The lowest BCUT2D eigenvalue weighted by Crippen LogP contribution is -2.33. The second-order valence-corrected chi connectivity index (χ2v) is 6.06. The van der Waals surface area contributed by atoms with Gasteiger partial charge in [-0.1, -0.05) is 23.8 Å². The number of benzene rings is 1. The molecule has 1 N–H and O–H groups in total. The van der Waals surface area contributed by atoms with Crippen molar-refractivity contribution in [3.63, 3.8) is 0 Å². The van der Waals surface area contributed by atoms with Crippen molar-refractivity contribution in [1.82, 2.24) is 10.2 Å². The summed E-state index contributed by atoms with van der Waals surface area (Å²) in [6.07, 6.45) is 1.15. The highest BCUT2D eigenvalue weighted by Gasteiger charge is 2.23. The summed E-state index contributed by atoms with van der Waals surface area (Å²) in [7, 11) is 1.54. The van der Waals surface area contributed by atoms with Gasteiger partial charge in [-0.25, -0.2) is 0 Å². The summed E-state index contributed by atoms with van der Waals surface area (Å²) in [5.41, 5.74) is 4.09. The molecule has 0 aliphatic carbocycles. The van der Waals surface area contributed by atoms with Gasteiger partial charge in [-0.15, -0.1) is 0 Å². The summed E-state index contributed by atoms with van der Waals surface area (Å²) in [6.45, 7) is 8.40. The number of nitrogens with zero attached hydrogens (tertiary/aromatic N) is 1. The summed E-state index contributed by atoms with van der Waals surface area (Å²) in [4.78, 5) is 13.9. The largest absolute Gasteiger partial charge is 0.375 e. The van der Waals surface area contributed by atoms with E-state index in [1.54, 1.807) is 7.11 Å². The van der Waals surface area contributed by atoms with E-state index in [-0.39, 0.29) is 12.5 Å². The molecule has 21 heavy (non-hydrogen) atoms. The minimum atomic E-state index is -0.0227. The Kier molecular flexibility index (Phi) is 5.76. The van der Waals surface area contributed by atoms with E-state index in [0.29, 0.717) is 5.92 Å². The van der Waals surface area contributed by atoms with Crippen molar-refractivity contribution < 1.29 is 9.53 Å². The van der Waals surface area contributed by atoms with E-state index in [2.05, 4.69) is 42.3 Å². The molecule has 1 atom stereocenters. The van der Waals surface area contributed by atoms with Crippen LogP contribution in [-0.4, -0.2) is 44.2 Å². The first kappa shape index (κ1) is 16.0. The molecule has 0 aromatic heterocycles. The highest BCUT2D eigenvalue weighted by molar-refractivity contribution is 5.77. The Labute approximate surface area is 127 Å². The van der Waals surface area contributed by atoms with Crippen LogP contribution >= 0.6 is 0 Å². The van der Waals surface area contributed by atoms with Gasteiger partial charge in [-0.05, 0) is 43.9 Å². The Hall–Kier alpha value is -1.39. The van der Waals surface area contributed by atoms with Gasteiger partial charge in [-0.3, -0.25) is 9.69 Å². The number of aryl methyl sites for hydroxylation is 2. The van der Waals surface area contributed by atoms with E-state index >= 15 is 0 Å². The third kappa shape index (κ3) is 4.83. The van der Waals surface area contributed by atoms with E-state index in [0.717, 1.165) is 32.6 Å². The Morgan fingerprint density at radius 1 is 1.43 bits per heavy atom. The molecule has 1 amide bonds. The monoisotopic (exact) mass is 290 g/mol. The van der Waals surface area contributed by atoms with Gasteiger partial charge in [0, 0.05) is 26.7 Å². The van der Waals surface area contributed by atoms with Crippen LogP contribution in [-0.2, 0) is 16.1 Å². The predicted octanol–water partition coefficient (Wildman–Crippen LogP) is 1.89. The van der Waals surface area contributed by atoms with Crippen LogP contribution in [0.2, 0.25) is 0 Å². The predicted molar refractivity (Wildman–Crippen MR) is 84.2 cm³/mol. The number of ether oxygens (including phenoxy) is 1. The molecule has 1 aromatic rings. The number of hydrogen-bond donors (Lipinski definition) is 1. The number of carbonyl (C=O) groups is 1. The first-order valence-corrected chi connectivity index (χ1v) is 7.62. The van der Waals surface area contributed by atoms with Crippen LogP contribution in [0.1, 0.15) is 23.1 Å². The van der Waals surface area contributed by atoms with Crippen molar-refractivity contribution in [3.05, 3.63) is 34.9 Å². The maximum Gasteiger partial charge on any atom is 0.245 e. The number of carbonyl (C=O) groups excluding carboxylic acids is 1. The van der Waals surface area contributed by atoms with Crippen LogP contribution in [0.25, 0.3) is 0 Å². The Bertz CT molecular complexity index is 488. The maximum atomic E-state index is 11.4. The summed E-state index contributed by atoms with van der Waals surface area (Å²) in [5.74, 6) is 0.529. The summed E-state index contributed by atoms with van der Waals surface area (Å²) >= 11 is 0. The Morgan fingerprint density at radius 3 is 3.00 bits per heavy atom. The van der Waals surface area contributed by atoms with Crippen molar-refractivity contribution in [2.45, 2.75) is 26.8 Å².